The molecular weight excluding hydrogens is 288 g/mol. The molecule has 4 nitrogen and oxygen atoms in total. The minimum Gasteiger partial charge on any atom is -0.481 e. The van der Waals surface area contributed by atoms with Crippen molar-refractivity contribution in [3.05, 3.63) is 58.9 Å². The van der Waals surface area contributed by atoms with E-state index in [1.54, 1.807) is 31.3 Å². The van der Waals surface area contributed by atoms with Crippen molar-refractivity contribution < 1.29 is 9.53 Å². The van der Waals surface area contributed by atoms with Crippen LogP contribution in [-0.2, 0) is 11.3 Å². The maximum absolute atomic E-state index is 12.0. The highest BCUT2D eigenvalue weighted by Gasteiger charge is 2.15. The van der Waals surface area contributed by atoms with Crippen molar-refractivity contribution in [1.82, 2.24) is 10.3 Å². The molecule has 0 bridgehead atoms. The Kier molecular flexibility index (Phi) is 5.17. The van der Waals surface area contributed by atoms with Gasteiger partial charge in [0.1, 0.15) is 5.75 Å². The van der Waals surface area contributed by atoms with Crippen LogP contribution in [-0.4, -0.2) is 17.0 Å². The van der Waals surface area contributed by atoms with Crippen LogP contribution in [0, 0.1) is 6.92 Å². The first kappa shape index (κ1) is 15.3. The molecule has 0 spiro atoms. The lowest BCUT2D eigenvalue weighted by Crippen LogP contribution is -2.36. The van der Waals surface area contributed by atoms with E-state index in [1.165, 1.54) is 0 Å². The number of halogens is 1. The summed E-state index contributed by atoms with van der Waals surface area (Å²) in [7, 11) is 0. The van der Waals surface area contributed by atoms with Crippen molar-refractivity contribution in [2.24, 2.45) is 0 Å². The number of amides is 1. The molecule has 0 aliphatic carbocycles. The van der Waals surface area contributed by atoms with Crippen LogP contribution in [0.4, 0.5) is 0 Å². The normalized spacial score (nSPS) is 11.8. The van der Waals surface area contributed by atoms with Gasteiger partial charge in [-0.3, -0.25) is 9.78 Å². The number of aryl methyl sites for hydroxylation is 1. The van der Waals surface area contributed by atoms with Gasteiger partial charge < -0.3 is 10.1 Å². The van der Waals surface area contributed by atoms with Gasteiger partial charge in [0.05, 0.1) is 12.2 Å². The van der Waals surface area contributed by atoms with Crippen LogP contribution in [0.1, 0.15) is 18.2 Å². The Morgan fingerprint density at radius 1 is 1.38 bits per heavy atom. The van der Waals surface area contributed by atoms with E-state index >= 15 is 0 Å². The number of nitrogens with zero attached hydrogens (tertiary/aromatic N) is 1. The molecule has 2 aromatic rings. The van der Waals surface area contributed by atoms with E-state index < -0.39 is 6.10 Å². The highest BCUT2D eigenvalue weighted by Crippen LogP contribution is 2.22. The number of carbonyl (C=O) groups excluding carboxylic acids is 1. The van der Waals surface area contributed by atoms with Gasteiger partial charge in [0.25, 0.3) is 5.91 Å². The molecule has 0 fully saturated rings. The minimum absolute atomic E-state index is 0.185. The minimum atomic E-state index is -0.589. The maximum Gasteiger partial charge on any atom is 0.261 e. The van der Waals surface area contributed by atoms with Crippen molar-refractivity contribution in [2.75, 3.05) is 0 Å². The smallest absolute Gasteiger partial charge is 0.261 e. The number of benzene rings is 1. The molecular formula is C16H17ClN2O2. The van der Waals surface area contributed by atoms with Gasteiger partial charge >= 0.3 is 0 Å². The summed E-state index contributed by atoms with van der Waals surface area (Å²) in [6, 6.07) is 10.9. The first-order valence-electron chi connectivity index (χ1n) is 6.66. The van der Waals surface area contributed by atoms with Gasteiger partial charge in [-0.2, -0.15) is 0 Å². The molecule has 2 rings (SSSR count). The molecule has 1 aromatic heterocycles. The van der Waals surface area contributed by atoms with E-state index in [-0.39, 0.29) is 5.91 Å². The van der Waals surface area contributed by atoms with Crippen molar-refractivity contribution in [1.29, 1.82) is 0 Å². The van der Waals surface area contributed by atoms with Crippen molar-refractivity contribution in [3.63, 3.8) is 0 Å². The van der Waals surface area contributed by atoms with Crippen LogP contribution in [0.5, 0.6) is 5.75 Å². The van der Waals surface area contributed by atoms with Crippen molar-refractivity contribution in [3.8, 4) is 5.75 Å². The molecule has 0 saturated heterocycles. The summed E-state index contributed by atoms with van der Waals surface area (Å²) in [6.07, 6.45) is 1.10. The fourth-order valence-electron chi connectivity index (χ4n) is 1.81. The zero-order chi connectivity index (χ0) is 15.2. The number of carbonyl (C=O) groups is 1. The van der Waals surface area contributed by atoms with Crippen molar-refractivity contribution >= 4 is 17.5 Å². The molecule has 1 heterocycles. The highest BCUT2D eigenvalue weighted by atomic mass is 35.5. The Bertz CT molecular complexity index is 617. The number of hydrogen-bond acceptors (Lipinski definition) is 3. The lowest BCUT2D eigenvalue weighted by atomic mass is 10.2. The summed E-state index contributed by atoms with van der Waals surface area (Å²) < 4.78 is 5.66. The maximum atomic E-state index is 12.0. The molecule has 1 aromatic carbocycles. The van der Waals surface area contributed by atoms with E-state index in [0.29, 0.717) is 17.3 Å². The van der Waals surface area contributed by atoms with Crippen molar-refractivity contribution in [2.45, 2.75) is 26.5 Å². The second-order valence-electron chi connectivity index (χ2n) is 4.71. The molecule has 110 valence electrons. The predicted molar refractivity (Wildman–Crippen MR) is 82.4 cm³/mol. The van der Waals surface area contributed by atoms with Gasteiger partial charge in [-0.05, 0) is 49.7 Å². The molecule has 21 heavy (non-hydrogen) atoms. The Morgan fingerprint density at radius 2 is 2.19 bits per heavy atom. The highest BCUT2D eigenvalue weighted by molar-refractivity contribution is 6.30. The topological polar surface area (TPSA) is 51.2 Å². The molecule has 0 radical (unpaired) electrons. The SMILES string of the molecule is Cc1cc(Cl)ccc1O[C@@H](C)C(=O)NCc1ccccn1. The van der Waals surface area contributed by atoms with Crippen LogP contribution < -0.4 is 10.1 Å². The average molecular weight is 305 g/mol. The summed E-state index contributed by atoms with van der Waals surface area (Å²) in [5.74, 6) is 0.467. The van der Waals surface area contributed by atoms with Gasteiger partial charge in [0, 0.05) is 11.2 Å². The fourth-order valence-corrected chi connectivity index (χ4v) is 2.04. The van der Waals surface area contributed by atoms with E-state index in [1.807, 2.05) is 25.1 Å². The third-order valence-electron chi connectivity index (χ3n) is 2.98. The molecule has 1 atom stereocenters. The average Bonchev–Trinajstić information content (AvgIpc) is 2.48. The molecule has 1 amide bonds. The zero-order valence-electron chi connectivity index (χ0n) is 12.0. The summed E-state index contributed by atoms with van der Waals surface area (Å²) in [4.78, 5) is 16.2. The Hall–Kier alpha value is -2.07. The van der Waals surface area contributed by atoms with E-state index in [9.17, 15) is 4.79 Å². The summed E-state index contributed by atoms with van der Waals surface area (Å²) in [6.45, 7) is 3.98. The van der Waals surface area contributed by atoms with Gasteiger partial charge in [-0.1, -0.05) is 17.7 Å². The molecule has 0 aliphatic rings. The number of nitrogens with one attached hydrogen (secondary N) is 1. The monoisotopic (exact) mass is 304 g/mol. The summed E-state index contributed by atoms with van der Waals surface area (Å²) >= 11 is 5.89. The Morgan fingerprint density at radius 3 is 2.86 bits per heavy atom. The standard InChI is InChI=1S/C16H17ClN2O2/c1-11-9-13(17)6-7-15(11)21-12(2)16(20)19-10-14-5-3-4-8-18-14/h3-9,12H,10H2,1-2H3,(H,19,20)/t12-/m0/s1. The van der Waals surface area contributed by atoms with Gasteiger partial charge in [0.2, 0.25) is 0 Å². The summed E-state index contributed by atoms with van der Waals surface area (Å²) in [5, 5.41) is 3.44. The third-order valence-corrected chi connectivity index (χ3v) is 3.21. The number of hydrogen-bond donors (Lipinski definition) is 1. The van der Waals surface area contributed by atoms with Crippen LogP contribution in [0.3, 0.4) is 0 Å². The van der Waals surface area contributed by atoms with Gasteiger partial charge in [-0.15, -0.1) is 0 Å². The largest absolute Gasteiger partial charge is 0.481 e. The van der Waals surface area contributed by atoms with Crippen LogP contribution in [0.2, 0.25) is 5.02 Å². The second-order valence-corrected chi connectivity index (χ2v) is 5.15. The van der Waals surface area contributed by atoms with Crippen LogP contribution in [0.15, 0.2) is 42.6 Å². The van der Waals surface area contributed by atoms with Gasteiger partial charge in [0.15, 0.2) is 6.10 Å². The summed E-state index contributed by atoms with van der Waals surface area (Å²) in [5.41, 5.74) is 1.70. The zero-order valence-corrected chi connectivity index (χ0v) is 12.7. The first-order valence-corrected chi connectivity index (χ1v) is 7.04. The number of ether oxygens (including phenoxy) is 1. The molecule has 0 unspecified atom stereocenters. The number of pyridine rings is 1. The Labute approximate surface area is 129 Å². The van der Waals surface area contributed by atoms with E-state index in [0.717, 1.165) is 11.3 Å². The second kappa shape index (κ2) is 7.09. The predicted octanol–water partition coefficient (Wildman–Crippen LogP) is 3.13. The molecule has 1 N–H and O–H groups in total. The number of aromatic nitrogens is 1. The number of rotatable bonds is 5. The Balaban J connectivity index is 1.90. The van der Waals surface area contributed by atoms with E-state index in [4.69, 9.17) is 16.3 Å². The third kappa shape index (κ3) is 4.46. The van der Waals surface area contributed by atoms with Gasteiger partial charge in [-0.25, -0.2) is 0 Å². The lowest BCUT2D eigenvalue weighted by Gasteiger charge is -2.16. The fraction of sp³-hybridized carbons (Fsp3) is 0.250. The molecule has 0 saturated carbocycles. The molecule has 5 heteroatoms. The first-order chi connectivity index (χ1) is 10.1. The lowest BCUT2D eigenvalue weighted by molar-refractivity contribution is -0.127. The van der Waals surface area contributed by atoms with Crippen LogP contribution >= 0.6 is 11.6 Å². The van der Waals surface area contributed by atoms with Crippen LogP contribution in [0.25, 0.3) is 0 Å². The van der Waals surface area contributed by atoms with E-state index in [2.05, 4.69) is 10.3 Å². The quantitative estimate of drug-likeness (QED) is 0.923. The molecule has 0 aliphatic heterocycles.